The van der Waals surface area contributed by atoms with Gasteiger partial charge in [0.25, 0.3) is 0 Å². The highest BCUT2D eigenvalue weighted by Crippen LogP contribution is 2.35. The van der Waals surface area contributed by atoms with E-state index in [1.807, 2.05) is 48.5 Å². The van der Waals surface area contributed by atoms with Crippen LogP contribution in [-0.2, 0) is 6.61 Å². The van der Waals surface area contributed by atoms with Gasteiger partial charge in [-0.2, -0.15) is 5.10 Å². The van der Waals surface area contributed by atoms with E-state index in [1.54, 1.807) is 6.21 Å². The first kappa shape index (κ1) is 20.7. The Labute approximate surface area is 201 Å². The molecule has 0 atom stereocenters. The smallest absolute Gasteiger partial charge is 0.222 e. The minimum Gasteiger partial charge on any atom is -0.487 e. The van der Waals surface area contributed by atoms with Crippen molar-refractivity contribution in [2.45, 2.75) is 6.61 Å². The maximum Gasteiger partial charge on any atom is 0.222 e. The number of imidazole rings is 1. The standard InChI is InChI=1S/C25H18Br2N4O/c26-20-12-16(14-28-31-25-29-22-10-3-4-11-23(22)30-25)13-21(27)24(20)32-15-18-8-5-7-17-6-1-2-9-19(17)18/h1-14H,15H2,(H2,29,30,31)/b28-14-. The van der Waals surface area contributed by atoms with E-state index in [4.69, 9.17) is 4.74 Å². The predicted molar refractivity (Wildman–Crippen MR) is 137 cm³/mol. The molecule has 0 saturated carbocycles. The van der Waals surface area contributed by atoms with Crippen molar-refractivity contribution in [1.82, 2.24) is 9.97 Å². The Morgan fingerprint density at radius 1 is 0.938 bits per heavy atom. The van der Waals surface area contributed by atoms with Crippen molar-refractivity contribution in [1.29, 1.82) is 0 Å². The number of fused-ring (bicyclic) bond motifs is 2. The number of aromatic amines is 1. The maximum absolute atomic E-state index is 6.16. The van der Waals surface area contributed by atoms with Gasteiger partial charge < -0.3 is 9.72 Å². The van der Waals surface area contributed by atoms with Crippen LogP contribution in [0.3, 0.4) is 0 Å². The summed E-state index contributed by atoms with van der Waals surface area (Å²) in [6.07, 6.45) is 1.73. The van der Waals surface area contributed by atoms with Gasteiger partial charge in [-0.25, -0.2) is 10.4 Å². The largest absolute Gasteiger partial charge is 0.487 e. The van der Waals surface area contributed by atoms with Gasteiger partial charge in [-0.05, 0) is 78.0 Å². The van der Waals surface area contributed by atoms with Crippen LogP contribution in [0.5, 0.6) is 5.75 Å². The van der Waals surface area contributed by atoms with Crippen LogP contribution in [0, 0.1) is 0 Å². The first-order chi connectivity index (χ1) is 15.7. The van der Waals surface area contributed by atoms with Crippen LogP contribution in [0.1, 0.15) is 11.1 Å². The van der Waals surface area contributed by atoms with E-state index in [2.05, 4.69) is 82.7 Å². The number of hydrogen-bond donors (Lipinski definition) is 2. The van der Waals surface area contributed by atoms with Crippen molar-refractivity contribution in [3.63, 3.8) is 0 Å². The molecule has 32 heavy (non-hydrogen) atoms. The highest BCUT2D eigenvalue weighted by atomic mass is 79.9. The SMILES string of the molecule is Brc1cc(/C=N\Nc2nc3ccccc3[nH]2)cc(Br)c1OCc1cccc2ccccc12. The number of H-pyrrole nitrogens is 1. The predicted octanol–water partition coefficient (Wildman–Crippen LogP) is 7.27. The first-order valence-corrected chi connectivity index (χ1v) is 11.6. The summed E-state index contributed by atoms with van der Waals surface area (Å²) < 4.78 is 7.84. The Balaban J connectivity index is 1.30. The Kier molecular flexibility index (Phi) is 5.92. The summed E-state index contributed by atoms with van der Waals surface area (Å²) in [5.41, 5.74) is 6.84. The molecule has 1 aromatic heterocycles. The van der Waals surface area contributed by atoms with Gasteiger partial charge in [0.2, 0.25) is 5.95 Å². The van der Waals surface area contributed by atoms with Crippen LogP contribution in [0.15, 0.2) is 92.9 Å². The summed E-state index contributed by atoms with van der Waals surface area (Å²) in [5, 5.41) is 6.70. The Hall–Kier alpha value is -3.16. The van der Waals surface area contributed by atoms with E-state index in [0.29, 0.717) is 12.6 Å². The van der Waals surface area contributed by atoms with Crippen LogP contribution in [-0.4, -0.2) is 16.2 Å². The van der Waals surface area contributed by atoms with E-state index in [-0.39, 0.29) is 0 Å². The Morgan fingerprint density at radius 2 is 1.69 bits per heavy atom. The monoisotopic (exact) mass is 548 g/mol. The highest BCUT2D eigenvalue weighted by molar-refractivity contribution is 9.11. The number of hydrogen-bond acceptors (Lipinski definition) is 4. The average Bonchev–Trinajstić information content (AvgIpc) is 3.21. The lowest BCUT2D eigenvalue weighted by atomic mass is 10.1. The van der Waals surface area contributed by atoms with Crippen molar-refractivity contribution >= 4 is 65.8 Å². The maximum atomic E-state index is 6.16. The molecule has 0 spiro atoms. The fraction of sp³-hybridized carbons (Fsp3) is 0.0400. The molecular weight excluding hydrogens is 532 g/mol. The number of hydrazone groups is 1. The molecule has 0 aliphatic rings. The Bertz CT molecular complexity index is 1380. The van der Waals surface area contributed by atoms with Crippen LogP contribution in [0.4, 0.5) is 5.95 Å². The van der Waals surface area contributed by atoms with Gasteiger partial charge in [-0.1, -0.05) is 54.6 Å². The van der Waals surface area contributed by atoms with Crippen molar-refractivity contribution in [2.24, 2.45) is 5.10 Å². The van der Waals surface area contributed by atoms with E-state index in [0.717, 1.165) is 36.9 Å². The van der Waals surface area contributed by atoms with Crippen molar-refractivity contribution in [3.05, 3.63) is 98.9 Å². The zero-order valence-electron chi connectivity index (χ0n) is 16.8. The lowest BCUT2D eigenvalue weighted by Crippen LogP contribution is -1.99. The quantitative estimate of drug-likeness (QED) is 0.173. The third kappa shape index (κ3) is 4.40. The number of rotatable bonds is 6. The molecule has 0 radical (unpaired) electrons. The van der Waals surface area contributed by atoms with Crippen LogP contribution >= 0.6 is 31.9 Å². The van der Waals surface area contributed by atoms with Crippen molar-refractivity contribution in [3.8, 4) is 5.75 Å². The summed E-state index contributed by atoms with van der Waals surface area (Å²) in [6, 6.07) is 26.3. The number of halogens is 2. The van der Waals surface area contributed by atoms with Gasteiger partial charge in [-0.15, -0.1) is 0 Å². The molecule has 0 aliphatic heterocycles. The normalized spacial score (nSPS) is 11.4. The molecule has 158 valence electrons. The topological polar surface area (TPSA) is 62.3 Å². The fourth-order valence-corrected chi connectivity index (χ4v) is 4.98. The number of ether oxygens (including phenoxy) is 1. The summed E-state index contributed by atoms with van der Waals surface area (Å²) in [5.74, 6) is 1.34. The first-order valence-electron chi connectivity index (χ1n) is 10.00. The zero-order valence-corrected chi connectivity index (χ0v) is 20.0. The number of para-hydroxylation sites is 2. The molecule has 0 amide bonds. The van der Waals surface area contributed by atoms with Crippen molar-refractivity contribution < 1.29 is 4.74 Å². The molecule has 1 heterocycles. The highest BCUT2D eigenvalue weighted by Gasteiger charge is 2.10. The van der Waals surface area contributed by atoms with E-state index in [1.165, 1.54) is 10.8 Å². The molecule has 0 aliphatic carbocycles. The third-order valence-corrected chi connectivity index (χ3v) is 6.22. The van der Waals surface area contributed by atoms with Gasteiger partial charge in [0.05, 0.1) is 26.2 Å². The van der Waals surface area contributed by atoms with Gasteiger partial charge in [0.15, 0.2) is 0 Å². The zero-order chi connectivity index (χ0) is 21.9. The summed E-state index contributed by atoms with van der Waals surface area (Å²) in [7, 11) is 0. The van der Waals surface area contributed by atoms with E-state index < -0.39 is 0 Å². The molecular formula is C25H18Br2N4O. The number of nitrogens with zero attached hydrogens (tertiary/aromatic N) is 2. The molecule has 0 fully saturated rings. The van der Waals surface area contributed by atoms with Crippen LogP contribution in [0.25, 0.3) is 21.8 Å². The van der Waals surface area contributed by atoms with E-state index in [9.17, 15) is 0 Å². The second kappa shape index (κ2) is 9.14. The third-order valence-electron chi connectivity index (χ3n) is 5.05. The molecule has 7 heteroatoms. The molecule has 0 unspecified atom stereocenters. The average molecular weight is 550 g/mol. The Morgan fingerprint density at radius 3 is 2.53 bits per heavy atom. The van der Waals surface area contributed by atoms with Gasteiger partial charge >= 0.3 is 0 Å². The number of benzene rings is 4. The lowest BCUT2D eigenvalue weighted by molar-refractivity contribution is 0.303. The molecule has 2 N–H and O–H groups in total. The minimum atomic E-state index is 0.472. The minimum absolute atomic E-state index is 0.472. The molecule has 5 nitrogen and oxygen atoms in total. The number of nitrogens with one attached hydrogen (secondary N) is 2. The van der Waals surface area contributed by atoms with E-state index >= 15 is 0 Å². The lowest BCUT2D eigenvalue weighted by Gasteiger charge is -2.13. The summed E-state index contributed by atoms with van der Waals surface area (Å²) in [6.45, 7) is 0.472. The van der Waals surface area contributed by atoms with Crippen molar-refractivity contribution in [2.75, 3.05) is 5.43 Å². The van der Waals surface area contributed by atoms with Gasteiger partial charge in [0.1, 0.15) is 12.4 Å². The van der Waals surface area contributed by atoms with Gasteiger partial charge in [0, 0.05) is 0 Å². The molecule has 5 rings (SSSR count). The van der Waals surface area contributed by atoms with Gasteiger partial charge in [-0.3, -0.25) is 0 Å². The molecule has 5 aromatic rings. The molecule has 0 bridgehead atoms. The fourth-order valence-electron chi connectivity index (χ4n) is 3.53. The summed E-state index contributed by atoms with van der Waals surface area (Å²) >= 11 is 7.25. The van der Waals surface area contributed by atoms with Crippen LogP contribution < -0.4 is 10.2 Å². The molecule has 0 saturated heterocycles. The second-order valence-corrected chi connectivity index (χ2v) is 8.92. The second-order valence-electron chi connectivity index (χ2n) is 7.21. The number of aromatic nitrogens is 2. The van der Waals surface area contributed by atoms with Crippen LogP contribution in [0.2, 0.25) is 0 Å². The number of anilines is 1. The molecule has 4 aromatic carbocycles. The summed E-state index contributed by atoms with van der Waals surface area (Å²) in [4.78, 5) is 7.63.